The Morgan fingerprint density at radius 1 is 1.12 bits per heavy atom. The molecule has 24 heavy (non-hydrogen) atoms. The van der Waals surface area contributed by atoms with E-state index in [9.17, 15) is 14.7 Å². The molecule has 0 saturated carbocycles. The summed E-state index contributed by atoms with van der Waals surface area (Å²) in [4.78, 5) is 23.8. The van der Waals surface area contributed by atoms with Crippen molar-refractivity contribution in [1.29, 1.82) is 0 Å². The van der Waals surface area contributed by atoms with Gasteiger partial charge in [0.25, 0.3) is 0 Å². The number of nitrogens with zero attached hydrogens (tertiary/aromatic N) is 2. The molecule has 3 rings (SSSR count). The minimum absolute atomic E-state index is 0.125. The van der Waals surface area contributed by atoms with Crippen LogP contribution in [0.5, 0.6) is 5.75 Å². The third-order valence-electron chi connectivity index (χ3n) is 3.84. The highest BCUT2D eigenvalue weighted by Crippen LogP contribution is 2.28. The Hall–Kier alpha value is -3.22. The van der Waals surface area contributed by atoms with Gasteiger partial charge in [0.2, 0.25) is 0 Å². The van der Waals surface area contributed by atoms with Crippen LogP contribution in [-0.4, -0.2) is 20.3 Å². The van der Waals surface area contributed by atoms with Gasteiger partial charge in [-0.2, -0.15) is 0 Å². The monoisotopic (exact) mass is 327 g/mol. The van der Waals surface area contributed by atoms with Gasteiger partial charge in [0.15, 0.2) is 0 Å². The Morgan fingerprint density at radius 3 is 2.42 bits per heavy atom. The molecule has 0 aliphatic carbocycles. The molecular formula is C17H17N3O4. The predicted octanol–water partition coefficient (Wildman–Crippen LogP) is 2.33. The number of aryl methyl sites for hydroxylation is 2. The summed E-state index contributed by atoms with van der Waals surface area (Å²) in [6.07, 6.45) is -0.686. The van der Waals surface area contributed by atoms with Gasteiger partial charge in [-0.25, -0.2) is 9.59 Å². The molecule has 7 nitrogen and oxygen atoms in total. The summed E-state index contributed by atoms with van der Waals surface area (Å²) in [5, 5.41) is 12.6. The molecule has 0 fully saturated rings. The van der Waals surface area contributed by atoms with Gasteiger partial charge >= 0.3 is 11.8 Å². The quantitative estimate of drug-likeness (QED) is 0.723. The minimum Gasteiger partial charge on any atom is -0.506 e. The molecule has 7 heteroatoms. The highest BCUT2D eigenvalue weighted by atomic mass is 16.5. The topological polar surface area (TPSA) is 85.5 Å². The number of imidazole rings is 1. The summed E-state index contributed by atoms with van der Waals surface area (Å²) in [5.41, 5.74) is 2.00. The molecule has 3 aromatic rings. The Balaban J connectivity index is 1.79. The van der Waals surface area contributed by atoms with Crippen LogP contribution in [0.4, 0.5) is 10.5 Å². The molecule has 0 spiro atoms. The molecule has 0 unspecified atom stereocenters. The van der Waals surface area contributed by atoms with Crippen molar-refractivity contribution in [1.82, 2.24) is 9.13 Å². The van der Waals surface area contributed by atoms with Gasteiger partial charge in [-0.1, -0.05) is 30.3 Å². The zero-order valence-corrected chi connectivity index (χ0v) is 13.3. The molecule has 0 aliphatic rings. The predicted molar refractivity (Wildman–Crippen MR) is 90.1 cm³/mol. The minimum atomic E-state index is -0.686. The van der Waals surface area contributed by atoms with Crippen LogP contribution in [0.3, 0.4) is 0 Å². The van der Waals surface area contributed by atoms with E-state index in [4.69, 9.17) is 4.74 Å². The molecule has 124 valence electrons. The second-order valence-electron chi connectivity index (χ2n) is 5.45. The zero-order chi connectivity index (χ0) is 17.3. The normalized spacial score (nSPS) is 10.8. The fraction of sp³-hybridized carbons (Fsp3) is 0.176. The third kappa shape index (κ3) is 2.83. The van der Waals surface area contributed by atoms with Gasteiger partial charge in [-0.3, -0.25) is 14.5 Å². The fourth-order valence-corrected chi connectivity index (χ4v) is 2.50. The molecule has 1 heterocycles. The number of phenolic OH excluding ortho intramolecular Hbond substituents is 1. The number of aromatic nitrogens is 2. The summed E-state index contributed by atoms with van der Waals surface area (Å²) >= 11 is 0. The third-order valence-corrected chi connectivity index (χ3v) is 3.84. The first-order chi connectivity index (χ1) is 11.5. The Labute approximate surface area is 137 Å². The van der Waals surface area contributed by atoms with E-state index in [0.29, 0.717) is 11.0 Å². The second kappa shape index (κ2) is 6.11. The van der Waals surface area contributed by atoms with E-state index < -0.39 is 6.09 Å². The number of amides is 1. The van der Waals surface area contributed by atoms with Crippen molar-refractivity contribution in [2.45, 2.75) is 6.61 Å². The lowest BCUT2D eigenvalue weighted by Crippen LogP contribution is -2.19. The maximum atomic E-state index is 11.9. The maximum absolute atomic E-state index is 11.9. The number of anilines is 1. The van der Waals surface area contributed by atoms with Crippen LogP contribution in [-0.2, 0) is 25.4 Å². The van der Waals surface area contributed by atoms with Crippen LogP contribution in [0, 0.1) is 0 Å². The number of carbonyl (C=O) groups excluding carboxylic acids is 1. The molecule has 0 saturated heterocycles. The standard InChI is InChI=1S/C17H17N3O4/c1-19-13-8-12(15(21)9-14(13)20(2)17(19)23)18-16(22)24-10-11-6-4-3-5-7-11/h3-9,21H,10H2,1-2H3,(H,18,22). The van der Waals surface area contributed by atoms with Crippen molar-refractivity contribution in [3.8, 4) is 5.75 Å². The highest BCUT2D eigenvalue weighted by molar-refractivity contribution is 5.92. The van der Waals surface area contributed by atoms with Crippen LogP contribution < -0.4 is 11.0 Å². The van der Waals surface area contributed by atoms with Crippen LogP contribution in [0.25, 0.3) is 11.0 Å². The number of ether oxygens (including phenoxy) is 1. The Bertz CT molecular complexity index is 957. The van der Waals surface area contributed by atoms with E-state index in [1.807, 2.05) is 30.3 Å². The number of phenols is 1. The average molecular weight is 327 g/mol. The van der Waals surface area contributed by atoms with Gasteiger partial charge in [0.05, 0.1) is 16.7 Å². The molecule has 2 aromatic carbocycles. The first kappa shape index (κ1) is 15.7. The fourth-order valence-electron chi connectivity index (χ4n) is 2.50. The smallest absolute Gasteiger partial charge is 0.412 e. The Morgan fingerprint density at radius 2 is 1.75 bits per heavy atom. The van der Waals surface area contributed by atoms with Gasteiger partial charge in [-0.15, -0.1) is 0 Å². The van der Waals surface area contributed by atoms with Crippen LogP contribution in [0.2, 0.25) is 0 Å². The number of fused-ring (bicyclic) bond motifs is 1. The van der Waals surface area contributed by atoms with Crippen LogP contribution >= 0.6 is 0 Å². The van der Waals surface area contributed by atoms with E-state index >= 15 is 0 Å². The summed E-state index contributed by atoms with van der Waals surface area (Å²) in [6, 6.07) is 12.2. The molecule has 0 radical (unpaired) electrons. The second-order valence-corrected chi connectivity index (χ2v) is 5.45. The first-order valence-corrected chi connectivity index (χ1v) is 7.33. The number of hydrogen-bond donors (Lipinski definition) is 2. The van der Waals surface area contributed by atoms with Gasteiger partial charge in [-0.05, 0) is 11.6 Å². The lowest BCUT2D eigenvalue weighted by atomic mass is 10.2. The molecule has 2 N–H and O–H groups in total. The first-order valence-electron chi connectivity index (χ1n) is 7.33. The van der Waals surface area contributed by atoms with Crippen molar-refractivity contribution in [3.05, 3.63) is 58.5 Å². The number of rotatable bonds is 3. The van der Waals surface area contributed by atoms with E-state index in [-0.39, 0.29) is 23.7 Å². The van der Waals surface area contributed by atoms with E-state index in [1.54, 1.807) is 14.1 Å². The highest BCUT2D eigenvalue weighted by Gasteiger charge is 2.14. The summed E-state index contributed by atoms with van der Waals surface area (Å²) in [5.74, 6) is -0.139. The molecule has 0 bridgehead atoms. The summed E-state index contributed by atoms with van der Waals surface area (Å²) in [7, 11) is 3.24. The van der Waals surface area contributed by atoms with Crippen molar-refractivity contribution >= 4 is 22.8 Å². The van der Waals surface area contributed by atoms with E-state index in [1.165, 1.54) is 21.3 Å². The van der Waals surface area contributed by atoms with Gasteiger partial charge < -0.3 is 9.84 Å². The maximum Gasteiger partial charge on any atom is 0.412 e. The number of aromatic hydroxyl groups is 1. The number of benzene rings is 2. The van der Waals surface area contributed by atoms with Crippen molar-refractivity contribution in [2.24, 2.45) is 14.1 Å². The molecule has 1 aromatic heterocycles. The lowest BCUT2D eigenvalue weighted by Gasteiger charge is -2.09. The SMILES string of the molecule is Cn1c(=O)n(C)c2cc(NC(=O)OCc3ccccc3)c(O)cc21. The Kier molecular flexibility index (Phi) is 3.99. The lowest BCUT2D eigenvalue weighted by molar-refractivity contribution is 0.155. The number of carbonyl (C=O) groups is 1. The van der Waals surface area contributed by atoms with Gasteiger partial charge in [0, 0.05) is 20.2 Å². The summed E-state index contributed by atoms with van der Waals surface area (Å²) in [6.45, 7) is 0.125. The van der Waals surface area contributed by atoms with Crippen LogP contribution in [0.15, 0.2) is 47.3 Å². The number of hydrogen-bond acceptors (Lipinski definition) is 4. The average Bonchev–Trinajstić information content (AvgIpc) is 2.79. The van der Waals surface area contributed by atoms with Crippen molar-refractivity contribution < 1.29 is 14.6 Å². The van der Waals surface area contributed by atoms with Crippen LogP contribution in [0.1, 0.15) is 5.56 Å². The van der Waals surface area contributed by atoms with E-state index in [2.05, 4.69) is 5.32 Å². The number of nitrogens with one attached hydrogen (secondary N) is 1. The largest absolute Gasteiger partial charge is 0.506 e. The van der Waals surface area contributed by atoms with Crippen molar-refractivity contribution in [3.63, 3.8) is 0 Å². The summed E-state index contributed by atoms with van der Waals surface area (Å²) < 4.78 is 7.99. The molecule has 0 aliphatic heterocycles. The van der Waals surface area contributed by atoms with E-state index in [0.717, 1.165) is 5.56 Å². The van der Waals surface area contributed by atoms with Crippen molar-refractivity contribution in [2.75, 3.05) is 5.32 Å². The zero-order valence-electron chi connectivity index (χ0n) is 13.3. The molecule has 0 atom stereocenters. The molecular weight excluding hydrogens is 310 g/mol. The molecule has 1 amide bonds. The van der Waals surface area contributed by atoms with Gasteiger partial charge in [0.1, 0.15) is 12.4 Å².